The molecule has 5 nitrogen and oxygen atoms in total. The molecule has 1 heterocycles. The Bertz CT molecular complexity index is 518. The van der Waals surface area contributed by atoms with Crippen LogP contribution in [0.15, 0.2) is 33.8 Å². The lowest BCUT2D eigenvalue weighted by Gasteiger charge is -2.05. The van der Waals surface area contributed by atoms with Crippen molar-refractivity contribution in [2.24, 2.45) is 5.92 Å². The zero-order valence-corrected chi connectivity index (χ0v) is 12.5. The van der Waals surface area contributed by atoms with Crippen molar-refractivity contribution in [1.82, 2.24) is 10.0 Å². The van der Waals surface area contributed by atoms with Crippen LogP contribution in [0.25, 0.3) is 0 Å². The molecule has 0 saturated carbocycles. The smallest absolute Gasteiger partial charge is 0.274 e. The van der Waals surface area contributed by atoms with Crippen molar-refractivity contribution in [3.63, 3.8) is 0 Å². The first-order valence-corrected chi connectivity index (χ1v) is 7.73. The van der Waals surface area contributed by atoms with Crippen molar-refractivity contribution in [3.8, 4) is 0 Å². The standard InChI is InChI=1S/C13H22N2O3S/c1-10(2)7-14-9-12-5-6-13(18-12)19(16,17)15-8-11(3)4/h5-6,10,14-15H,3,7-9H2,1-2,4H3. The molecule has 1 aromatic rings. The summed E-state index contributed by atoms with van der Waals surface area (Å²) in [5, 5.41) is 3.13. The minimum atomic E-state index is -3.58. The highest BCUT2D eigenvalue weighted by Gasteiger charge is 2.18. The van der Waals surface area contributed by atoms with Gasteiger partial charge in [-0.2, -0.15) is 0 Å². The molecule has 0 aliphatic heterocycles. The summed E-state index contributed by atoms with van der Waals surface area (Å²) in [5.41, 5.74) is 0.744. The third-order valence-corrected chi connectivity index (χ3v) is 3.59. The summed E-state index contributed by atoms with van der Waals surface area (Å²) in [4.78, 5) is 0. The van der Waals surface area contributed by atoms with Crippen molar-refractivity contribution >= 4 is 10.0 Å². The normalized spacial score (nSPS) is 12.0. The Morgan fingerprint density at radius 1 is 1.42 bits per heavy atom. The molecule has 0 bridgehead atoms. The van der Waals surface area contributed by atoms with Crippen molar-refractivity contribution in [2.75, 3.05) is 13.1 Å². The maximum absolute atomic E-state index is 11.9. The summed E-state index contributed by atoms with van der Waals surface area (Å²) in [7, 11) is -3.58. The fraction of sp³-hybridized carbons (Fsp3) is 0.538. The summed E-state index contributed by atoms with van der Waals surface area (Å²) in [6, 6.07) is 3.13. The fourth-order valence-electron chi connectivity index (χ4n) is 1.37. The van der Waals surface area contributed by atoms with Crippen LogP contribution in [0.1, 0.15) is 26.5 Å². The van der Waals surface area contributed by atoms with Crippen LogP contribution >= 0.6 is 0 Å². The Hall–Kier alpha value is -1.11. The first kappa shape index (κ1) is 15.9. The lowest BCUT2D eigenvalue weighted by molar-refractivity contribution is 0.395. The Morgan fingerprint density at radius 2 is 2.11 bits per heavy atom. The molecule has 0 amide bonds. The Labute approximate surface area is 115 Å². The zero-order chi connectivity index (χ0) is 14.5. The van der Waals surface area contributed by atoms with Gasteiger partial charge in [-0.1, -0.05) is 26.0 Å². The molecular weight excluding hydrogens is 264 g/mol. The topological polar surface area (TPSA) is 71.3 Å². The average Bonchev–Trinajstić information content (AvgIpc) is 2.75. The molecule has 6 heteroatoms. The van der Waals surface area contributed by atoms with E-state index in [0.717, 1.165) is 12.1 Å². The van der Waals surface area contributed by atoms with Gasteiger partial charge in [-0.25, -0.2) is 13.1 Å². The lowest BCUT2D eigenvalue weighted by atomic mass is 10.2. The molecular formula is C13H22N2O3S. The molecule has 0 aliphatic carbocycles. The van der Waals surface area contributed by atoms with Crippen molar-refractivity contribution in [3.05, 3.63) is 30.0 Å². The van der Waals surface area contributed by atoms with Crippen LogP contribution in [0.5, 0.6) is 0 Å². The van der Waals surface area contributed by atoms with Crippen molar-refractivity contribution < 1.29 is 12.8 Å². The molecule has 1 aromatic heterocycles. The number of furan rings is 1. The third-order valence-electron chi connectivity index (χ3n) is 2.32. The highest BCUT2D eigenvalue weighted by molar-refractivity contribution is 7.89. The number of rotatable bonds is 8. The van der Waals surface area contributed by atoms with Gasteiger partial charge in [0.15, 0.2) is 0 Å². The van der Waals surface area contributed by atoms with Crippen molar-refractivity contribution in [2.45, 2.75) is 32.4 Å². The zero-order valence-electron chi connectivity index (χ0n) is 11.7. The second-order valence-corrected chi connectivity index (χ2v) is 6.73. The minimum Gasteiger partial charge on any atom is -0.447 e. The van der Waals surface area contributed by atoms with Crippen LogP contribution < -0.4 is 10.0 Å². The third kappa shape index (κ3) is 5.59. The van der Waals surface area contributed by atoms with Crippen LogP contribution in [0.2, 0.25) is 0 Å². The van der Waals surface area contributed by atoms with E-state index in [1.165, 1.54) is 6.07 Å². The maximum atomic E-state index is 11.9. The van der Waals surface area contributed by atoms with Crippen LogP contribution in [0.4, 0.5) is 0 Å². The molecule has 0 aromatic carbocycles. The molecule has 19 heavy (non-hydrogen) atoms. The average molecular weight is 286 g/mol. The van der Waals surface area contributed by atoms with E-state index in [2.05, 4.69) is 30.5 Å². The van der Waals surface area contributed by atoms with Gasteiger partial charge in [0.25, 0.3) is 10.0 Å². The Balaban J connectivity index is 2.60. The van der Waals surface area contributed by atoms with Gasteiger partial charge in [0.2, 0.25) is 5.09 Å². The predicted octanol–water partition coefficient (Wildman–Crippen LogP) is 1.88. The quantitative estimate of drug-likeness (QED) is 0.716. The van der Waals surface area contributed by atoms with Crippen LogP contribution in [-0.2, 0) is 16.6 Å². The Kier molecular flexibility index (Phi) is 5.78. The molecule has 0 radical (unpaired) electrons. The SMILES string of the molecule is C=C(C)CNS(=O)(=O)c1ccc(CNCC(C)C)o1. The number of hydrogen-bond acceptors (Lipinski definition) is 4. The first-order valence-electron chi connectivity index (χ1n) is 6.24. The van der Waals surface area contributed by atoms with Gasteiger partial charge in [-0.05, 0) is 31.5 Å². The summed E-state index contributed by atoms with van der Waals surface area (Å²) < 4.78 is 31.5. The second-order valence-electron chi connectivity index (χ2n) is 5.03. The van der Waals surface area contributed by atoms with E-state index in [1.807, 2.05) is 0 Å². The van der Waals surface area contributed by atoms with Gasteiger partial charge in [0.05, 0.1) is 6.54 Å². The van der Waals surface area contributed by atoms with Crippen LogP contribution in [-0.4, -0.2) is 21.5 Å². The number of sulfonamides is 1. The van der Waals surface area contributed by atoms with Gasteiger partial charge < -0.3 is 9.73 Å². The number of hydrogen-bond donors (Lipinski definition) is 2. The van der Waals surface area contributed by atoms with Crippen molar-refractivity contribution in [1.29, 1.82) is 0 Å². The summed E-state index contributed by atoms with van der Waals surface area (Å²) in [6.45, 7) is 11.2. The highest BCUT2D eigenvalue weighted by Crippen LogP contribution is 2.13. The van der Waals surface area contributed by atoms with E-state index < -0.39 is 10.0 Å². The largest absolute Gasteiger partial charge is 0.447 e. The van der Waals surface area contributed by atoms with E-state index in [4.69, 9.17) is 4.42 Å². The number of nitrogens with one attached hydrogen (secondary N) is 2. The first-order chi connectivity index (χ1) is 8.81. The highest BCUT2D eigenvalue weighted by atomic mass is 32.2. The van der Waals surface area contributed by atoms with E-state index >= 15 is 0 Å². The summed E-state index contributed by atoms with van der Waals surface area (Å²) >= 11 is 0. The maximum Gasteiger partial charge on any atom is 0.274 e. The molecule has 108 valence electrons. The summed E-state index contributed by atoms with van der Waals surface area (Å²) in [5.74, 6) is 1.15. The fourth-order valence-corrected chi connectivity index (χ4v) is 2.41. The summed E-state index contributed by atoms with van der Waals surface area (Å²) in [6.07, 6.45) is 0. The van der Waals surface area contributed by atoms with Crippen LogP contribution in [0, 0.1) is 5.92 Å². The molecule has 0 unspecified atom stereocenters. The molecule has 0 saturated heterocycles. The van der Waals surface area contributed by atoms with E-state index in [0.29, 0.717) is 18.2 Å². The molecule has 0 aliphatic rings. The molecule has 0 atom stereocenters. The van der Waals surface area contributed by atoms with Crippen LogP contribution in [0.3, 0.4) is 0 Å². The molecule has 0 fully saturated rings. The Morgan fingerprint density at radius 3 is 2.68 bits per heavy atom. The minimum absolute atomic E-state index is 0.0601. The van der Waals surface area contributed by atoms with E-state index in [1.54, 1.807) is 13.0 Å². The van der Waals surface area contributed by atoms with Gasteiger partial charge in [0, 0.05) is 6.54 Å². The molecule has 0 spiro atoms. The van der Waals surface area contributed by atoms with Gasteiger partial charge >= 0.3 is 0 Å². The molecule has 2 N–H and O–H groups in total. The van der Waals surface area contributed by atoms with E-state index in [9.17, 15) is 8.42 Å². The lowest BCUT2D eigenvalue weighted by Crippen LogP contribution is -2.24. The van der Waals surface area contributed by atoms with Gasteiger partial charge in [-0.15, -0.1) is 0 Å². The monoisotopic (exact) mass is 286 g/mol. The predicted molar refractivity (Wildman–Crippen MR) is 75.3 cm³/mol. The van der Waals surface area contributed by atoms with Gasteiger partial charge in [-0.3, -0.25) is 0 Å². The van der Waals surface area contributed by atoms with Gasteiger partial charge in [0.1, 0.15) is 5.76 Å². The second kappa shape index (κ2) is 6.88. The molecule has 1 rings (SSSR count). The van der Waals surface area contributed by atoms with E-state index in [-0.39, 0.29) is 11.6 Å².